The molecule has 1 N–H and O–H groups in total. The number of nitrogens with one attached hydrogen (secondary N) is 1. The van der Waals surface area contributed by atoms with E-state index in [9.17, 15) is 0 Å². The van der Waals surface area contributed by atoms with Crippen LogP contribution in [-0.2, 0) is 24.4 Å². The maximum absolute atomic E-state index is 5.13. The first-order chi connectivity index (χ1) is 8.33. The first-order valence-electron chi connectivity index (χ1n) is 5.41. The van der Waals surface area contributed by atoms with E-state index in [1.54, 1.807) is 13.3 Å². The molecule has 0 aliphatic rings. The predicted molar refractivity (Wildman–Crippen MR) is 61.3 cm³/mol. The molecule has 17 heavy (non-hydrogen) atoms. The zero-order valence-electron chi connectivity index (χ0n) is 10.0. The van der Waals surface area contributed by atoms with E-state index in [2.05, 4.69) is 15.5 Å². The van der Waals surface area contributed by atoms with Crippen molar-refractivity contribution in [2.24, 2.45) is 0 Å². The van der Waals surface area contributed by atoms with Crippen molar-refractivity contribution in [2.45, 2.75) is 19.7 Å². The third-order valence-corrected chi connectivity index (χ3v) is 2.36. The number of aromatic nitrogens is 3. The Labute approximate surface area is 99.6 Å². The van der Waals surface area contributed by atoms with E-state index in [1.807, 2.05) is 23.9 Å². The van der Waals surface area contributed by atoms with Gasteiger partial charge < -0.3 is 19.1 Å². The fourth-order valence-corrected chi connectivity index (χ4v) is 1.62. The fraction of sp³-hybridized carbons (Fsp3) is 0.455. The van der Waals surface area contributed by atoms with E-state index in [0.29, 0.717) is 13.2 Å². The third-order valence-electron chi connectivity index (χ3n) is 2.36. The summed E-state index contributed by atoms with van der Waals surface area (Å²) in [7, 11) is 3.52. The molecular formula is C11H16N4O2. The van der Waals surface area contributed by atoms with Crippen LogP contribution in [0.15, 0.2) is 23.0 Å². The van der Waals surface area contributed by atoms with Crippen molar-refractivity contribution in [3.8, 4) is 0 Å². The maximum atomic E-state index is 5.13. The largest absolute Gasteiger partial charge is 0.377 e. The second kappa shape index (κ2) is 5.60. The van der Waals surface area contributed by atoms with Crippen molar-refractivity contribution in [3.05, 3.63) is 35.7 Å². The average Bonchev–Trinajstić information content (AvgIpc) is 2.91. The molecular weight excluding hydrogens is 220 g/mol. The molecule has 2 aromatic heterocycles. The number of rotatable bonds is 6. The molecule has 0 fully saturated rings. The Morgan fingerprint density at radius 2 is 2.41 bits per heavy atom. The zero-order valence-corrected chi connectivity index (χ0v) is 10.0. The van der Waals surface area contributed by atoms with Crippen LogP contribution in [0.2, 0.25) is 0 Å². The molecule has 6 nitrogen and oxygen atoms in total. The minimum Gasteiger partial charge on any atom is -0.377 e. The molecule has 0 radical (unpaired) electrons. The summed E-state index contributed by atoms with van der Waals surface area (Å²) >= 11 is 0. The van der Waals surface area contributed by atoms with Crippen LogP contribution in [-0.4, -0.2) is 28.9 Å². The monoisotopic (exact) mass is 236 g/mol. The summed E-state index contributed by atoms with van der Waals surface area (Å²) in [5.74, 6) is 1.71. The minimum atomic E-state index is 0.445. The summed E-state index contributed by atoms with van der Waals surface area (Å²) in [6.07, 6.45) is 3.71. The van der Waals surface area contributed by atoms with Crippen LogP contribution >= 0.6 is 0 Å². The van der Waals surface area contributed by atoms with Crippen molar-refractivity contribution < 1.29 is 9.26 Å². The summed E-state index contributed by atoms with van der Waals surface area (Å²) in [5, 5.41) is 7.06. The van der Waals surface area contributed by atoms with Gasteiger partial charge >= 0.3 is 0 Å². The molecule has 0 bridgehead atoms. The van der Waals surface area contributed by atoms with Crippen LogP contribution < -0.4 is 5.32 Å². The molecule has 0 saturated heterocycles. The fourth-order valence-electron chi connectivity index (χ4n) is 1.62. The first-order valence-corrected chi connectivity index (χ1v) is 5.41. The standard InChI is InChI=1S/C11H16N4O2/c1-12-6-11-13-3-4-15(11)7-9-5-10(8-16-2)17-14-9/h3-5,12H,6-8H2,1-2H3. The average molecular weight is 236 g/mol. The van der Waals surface area contributed by atoms with Gasteiger partial charge in [0.15, 0.2) is 5.76 Å². The van der Waals surface area contributed by atoms with Crippen LogP contribution in [0, 0.1) is 0 Å². The maximum Gasteiger partial charge on any atom is 0.162 e. The second-order valence-corrected chi connectivity index (χ2v) is 3.72. The molecule has 92 valence electrons. The Hall–Kier alpha value is -1.66. The Balaban J connectivity index is 2.05. The SMILES string of the molecule is CNCc1nccn1Cc1cc(COC)on1. The van der Waals surface area contributed by atoms with E-state index < -0.39 is 0 Å². The van der Waals surface area contributed by atoms with Gasteiger partial charge in [0, 0.05) is 25.6 Å². The molecule has 0 saturated carbocycles. The zero-order chi connectivity index (χ0) is 12.1. The molecule has 6 heteroatoms. The summed E-state index contributed by atoms with van der Waals surface area (Å²) in [6.45, 7) is 1.83. The van der Waals surface area contributed by atoms with Crippen LogP contribution in [0.1, 0.15) is 17.3 Å². The topological polar surface area (TPSA) is 65.1 Å². The molecule has 0 unspecified atom stereocenters. The molecule has 2 heterocycles. The van der Waals surface area contributed by atoms with Crippen molar-refractivity contribution in [3.63, 3.8) is 0 Å². The van der Waals surface area contributed by atoms with Gasteiger partial charge in [-0.3, -0.25) is 0 Å². The van der Waals surface area contributed by atoms with Crippen LogP contribution in [0.3, 0.4) is 0 Å². The molecule has 0 spiro atoms. The lowest BCUT2D eigenvalue weighted by Crippen LogP contribution is -2.12. The number of methoxy groups -OCH3 is 1. The highest BCUT2D eigenvalue weighted by atomic mass is 16.5. The van der Waals surface area contributed by atoms with Gasteiger partial charge in [-0.1, -0.05) is 5.16 Å². The number of imidazole rings is 1. The predicted octanol–water partition coefficient (Wildman–Crippen LogP) is 0.785. The number of hydrogen-bond donors (Lipinski definition) is 1. The summed E-state index contributed by atoms with van der Waals surface area (Å²) < 4.78 is 12.1. The Kier molecular flexibility index (Phi) is 3.89. The van der Waals surface area contributed by atoms with Crippen molar-refractivity contribution >= 4 is 0 Å². The Morgan fingerprint density at radius 3 is 3.18 bits per heavy atom. The highest BCUT2D eigenvalue weighted by molar-refractivity contribution is 5.07. The first kappa shape index (κ1) is 11.8. The number of nitrogens with zero attached hydrogens (tertiary/aromatic N) is 3. The second-order valence-electron chi connectivity index (χ2n) is 3.72. The van der Waals surface area contributed by atoms with Gasteiger partial charge in [-0.15, -0.1) is 0 Å². The van der Waals surface area contributed by atoms with Crippen LogP contribution in [0.25, 0.3) is 0 Å². The van der Waals surface area contributed by atoms with E-state index in [0.717, 1.165) is 23.8 Å². The third kappa shape index (κ3) is 2.92. The lowest BCUT2D eigenvalue weighted by Gasteiger charge is -2.04. The number of hydrogen-bond acceptors (Lipinski definition) is 5. The van der Waals surface area contributed by atoms with Gasteiger partial charge in [0.1, 0.15) is 18.1 Å². The van der Waals surface area contributed by atoms with Crippen molar-refractivity contribution in [2.75, 3.05) is 14.2 Å². The van der Waals surface area contributed by atoms with Gasteiger partial charge in [-0.05, 0) is 7.05 Å². The smallest absolute Gasteiger partial charge is 0.162 e. The Morgan fingerprint density at radius 1 is 1.53 bits per heavy atom. The molecule has 0 aliphatic carbocycles. The normalized spacial score (nSPS) is 10.9. The number of ether oxygens (including phenoxy) is 1. The highest BCUT2D eigenvalue weighted by Crippen LogP contribution is 2.08. The lowest BCUT2D eigenvalue weighted by molar-refractivity contribution is 0.155. The molecule has 2 aromatic rings. The minimum absolute atomic E-state index is 0.445. The molecule has 0 atom stereocenters. The van der Waals surface area contributed by atoms with Crippen LogP contribution in [0.5, 0.6) is 0 Å². The summed E-state index contributed by atoms with van der Waals surface area (Å²) in [4.78, 5) is 4.26. The van der Waals surface area contributed by atoms with Crippen molar-refractivity contribution in [1.29, 1.82) is 0 Å². The van der Waals surface area contributed by atoms with E-state index in [-0.39, 0.29) is 0 Å². The van der Waals surface area contributed by atoms with Gasteiger partial charge in [-0.2, -0.15) is 0 Å². The molecule has 0 aromatic carbocycles. The Bertz CT molecular complexity index is 463. The molecule has 0 amide bonds. The summed E-state index contributed by atoms with van der Waals surface area (Å²) in [5.41, 5.74) is 0.868. The van der Waals surface area contributed by atoms with E-state index >= 15 is 0 Å². The quantitative estimate of drug-likeness (QED) is 0.803. The van der Waals surface area contributed by atoms with Crippen molar-refractivity contribution in [1.82, 2.24) is 20.0 Å². The summed E-state index contributed by atoms with van der Waals surface area (Å²) in [6, 6.07) is 1.90. The highest BCUT2D eigenvalue weighted by Gasteiger charge is 2.07. The van der Waals surface area contributed by atoms with Gasteiger partial charge in [0.2, 0.25) is 0 Å². The van der Waals surface area contributed by atoms with Gasteiger partial charge in [-0.25, -0.2) is 4.98 Å². The molecule has 0 aliphatic heterocycles. The van der Waals surface area contributed by atoms with E-state index in [4.69, 9.17) is 9.26 Å². The van der Waals surface area contributed by atoms with E-state index in [1.165, 1.54) is 0 Å². The van der Waals surface area contributed by atoms with Gasteiger partial charge in [0.25, 0.3) is 0 Å². The van der Waals surface area contributed by atoms with Gasteiger partial charge in [0.05, 0.1) is 13.1 Å². The van der Waals surface area contributed by atoms with Crippen LogP contribution in [0.4, 0.5) is 0 Å². The lowest BCUT2D eigenvalue weighted by atomic mass is 10.3. The molecule has 2 rings (SSSR count).